The van der Waals surface area contributed by atoms with Crippen molar-refractivity contribution in [2.45, 2.75) is 4.90 Å². The molecule has 0 saturated carbocycles. The second-order valence-corrected chi connectivity index (χ2v) is 8.61. The first-order chi connectivity index (χ1) is 14.0. The van der Waals surface area contributed by atoms with E-state index in [1.807, 2.05) is 0 Å². The van der Waals surface area contributed by atoms with Crippen LogP contribution >= 0.6 is 23.2 Å². The SMILES string of the molecule is CS(=O)(=O)c1ccc(NCC(=O)OCC(=O)Nc2ncc(Cl)cc2Cl)c([N+](=O)[O-])c1. The molecule has 1 amide bonds. The van der Waals surface area contributed by atoms with Crippen molar-refractivity contribution in [3.8, 4) is 0 Å². The van der Waals surface area contributed by atoms with Crippen LogP contribution in [0, 0.1) is 10.1 Å². The summed E-state index contributed by atoms with van der Waals surface area (Å²) in [5.41, 5.74) is -0.627. The number of aromatic nitrogens is 1. The lowest BCUT2D eigenvalue weighted by atomic mass is 10.2. The molecule has 0 aliphatic carbocycles. The number of halogens is 2. The lowest BCUT2D eigenvalue weighted by Crippen LogP contribution is -2.25. The molecule has 0 saturated heterocycles. The van der Waals surface area contributed by atoms with Gasteiger partial charge in [-0.1, -0.05) is 23.2 Å². The smallest absolute Gasteiger partial charge is 0.325 e. The molecule has 0 spiro atoms. The van der Waals surface area contributed by atoms with Gasteiger partial charge < -0.3 is 15.4 Å². The Morgan fingerprint density at radius 3 is 2.57 bits per heavy atom. The lowest BCUT2D eigenvalue weighted by Gasteiger charge is -2.09. The molecule has 2 aromatic rings. The van der Waals surface area contributed by atoms with Gasteiger partial charge in [-0.25, -0.2) is 13.4 Å². The molecule has 0 aliphatic heterocycles. The first-order valence-electron chi connectivity index (χ1n) is 7.96. The zero-order chi connectivity index (χ0) is 22.5. The zero-order valence-corrected chi connectivity index (χ0v) is 17.5. The number of anilines is 2. The molecular formula is C16H14Cl2N4O7S. The van der Waals surface area contributed by atoms with E-state index in [-0.39, 0.29) is 26.4 Å². The Bertz CT molecular complexity index is 1110. The van der Waals surface area contributed by atoms with E-state index in [4.69, 9.17) is 27.9 Å². The number of esters is 1. The fourth-order valence-corrected chi connectivity index (χ4v) is 3.15. The van der Waals surface area contributed by atoms with Gasteiger partial charge in [0.2, 0.25) is 0 Å². The number of sulfone groups is 1. The van der Waals surface area contributed by atoms with Crippen LogP contribution in [0.1, 0.15) is 0 Å². The summed E-state index contributed by atoms with van der Waals surface area (Å²) >= 11 is 11.6. The third-order valence-corrected chi connectivity index (χ3v) is 5.05. The van der Waals surface area contributed by atoms with Crippen molar-refractivity contribution in [3.63, 3.8) is 0 Å². The van der Waals surface area contributed by atoms with Gasteiger partial charge in [-0.2, -0.15) is 0 Å². The third kappa shape index (κ3) is 6.54. The number of nitro benzene ring substituents is 1. The molecule has 2 N–H and O–H groups in total. The molecule has 11 nitrogen and oxygen atoms in total. The average molecular weight is 477 g/mol. The number of hydrogen-bond acceptors (Lipinski definition) is 9. The number of nitro groups is 1. The first kappa shape index (κ1) is 23.3. The van der Waals surface area contributed by atoms with Gasteiger partial charge in [-0.15, -0.1) is 0 Å². The van der Waals surface area contributed by atoms with Gasteiger partial charge in [0, 0.05) is 18.5 Å². The largest absolute Gasteiger partial charge is 0.454 e. The Labute approximate surface area is 180 Å². The highest BCUT2D eigenvalue weighted by Crippen LogP contribution is 2.27. The van der Waals surface area contributed by atoms with Crippen LogP contribution in [0.3, 0.4) is 0 Å². The number of amides is 1. The van der Waals surface area contributed by atoms with E-state index < -0.39 is 45.5 Å². The summed E-state index contributed by atoms with van der Waals surface area (Å²) in [4.78, 5) is 37.6. The maximum atomic E-state index is 11.8. The lowest BCUT2D eigenvalue weighted by molar-refractivity contribution is -0.384. The number of benzene rings is 1. The predicted molar refractivity (Wildman–Crippen MR) is 109 cm³/mol. The summed E-state index contributed by atoms with van der Waals surface area (Å²) < 4.78 is 27.8. The number of hydrogen-bond donors (Lipinski definition) is 2. The molecule has 0 fully saturated rings. The van der Waals surface area contributed by atoms with Gasteiger partial charge in [0.05, 0.1) is 19.9 Å². The van der Waals surface area contributed by atoms with Gasteiger partial charge in [0.15, 0.2) is 22.3 Å². The number of pyridine rings is 1. The van der Waals surface area contributed by atoms with Crippen LogP contribution in [0.5, 0.6) is 0 Å². The predicted octanol–water partition coefficient (Wildman–Crippen LogP) is 2.29. The summed E-state index contributed by atoms with van der Waals surface area (Å²) in [6, 6.07) is 4.55. The summed E-state index contributed by atoms with van der Waals surface area (Å²) in [5.74, 6) is -1.58. The van der Waals surface area contributed by atoms with E-state index in [1.165, 1.54) is 12.3 Å². The molecule has 1 aromatic heterocycles. The van der Waals surface area contributed by atoms with Crippen LogP contribution in [0.2, 0.25) is 10.0 Å². The number of ether oxygens (including phenoxy) is 1. The minimum Gasteiger partial charge on any atom is -0.454 e. The quantitative estimate of drug-likeness (QED) is 0.331. The Balaban J connectivity index is 1.93. The molecule has 30 heavy (non-hydrogen) atoms. The standard InChI is InChI=1S/C16H14Cl2N4O7S/c1-30(27,28)10-2-3-12(13(5-10)22(25)26)19-7-15(24)29-8-14(23)21-16-11(18)4-9(17)6-20-16/h2-6,19H,7-8H2,1H3,(H,20,21,23). The molecule has 14 heteroatoms. The molecule has 160 valence electrons. The van der Waals surface area contributed by atoms with E-state index in [2.05, 4.69) is 15.6 Å². The third-order valence-electron chi connectivity index (χ3n) is 3.45. The average Bonchev–Trinajstić information content (AvgIpc) is 2.66. The van der Waals surface area contributed by atoms with Crippen LogP contribution in [0.25, 0.3) is 0 Å². The van der Waals surface area contributed by atoms with Crippen LogP contribution < -0.4 is 10.6 Å². The van der Waals surface area contributed by atoms with E-state index in [1.54, 1.807) is 0 Å². The van der Waals surface area contributed by atoms with Gasteiger partial charge in [-0.3, -0.25) is 19.7 Å². The maximum absolute atomic E-state index is 11.8. The highest BCUT2D eigenvalue weighted by atomic mass is 35.5. The number of rotatable bonds is 8. The molecule has 0 radical (unpaired) electrons. The first-order valence-corrected chi connectivity index (χ1v) is 10.6. The second kappa shape index (κ2) is 9.69. The van der Waals surface area contributed by atoms with Crippen molar-refractivity contribution in [1.29, 1.82) is 0 Å². The number of nitrogens with zero attached hydrogens (tertiary/aromatic N) is 2. The zero-order valence-electron chi connectivity index (χ0n) is 15.2. The molecule has 0 bridgehead atoms. The topological polar surface area (TPSA) is 158 Å². The number of nitrogens with one attached hydrogen (secondary N) is 2. The summed E-state index contributed by atoms with van der Waals surface area (Å²) in [6.07, 6.45) is 2.18. The van der Waals surface area contributed by atoms with Gasteiger partial charge in [0.1, 0.15) is 12.2 Å². The minimum absolute atomic E-state index is 0.0295. The molecule has 0 atom stereocenters. The molecule has 0 aliphatic rings. The highest BCUT2D eigenvalue weighted by Gasteiger charge is 2.19. The van der Waals surface area contributed by atoms with Crippen molar-refractivity contribution in [1.82, 2.24) is 4.98 Å². The summed E-state index contributed by atoms with van der Waals surface area (Å²) in [5, 5.41) is 16.3. The number of carbonyl (C=O) groups excluding carboxylic acids is 2. The van der Waals surface area contributed by atoms with Gasteiger partial charge in [-0.05, 0) is 18.2 Å². The molecule has 0 unspecified atom stereocenters. The van der Waals surface area contributed by atoms with Crippen molar-refractivity contribution >= 4 is 62.1 Å². The van der Waals surface area contributed by atoms with Crippen molar-refractivity contribution in [3.05, 3.63) is 50.6 Å². The second-order valence-electron chi connectivity index (χ2n) is 5.75. The van der Waals surface area contributed by atoms with Crippen molar-refractivity contribution in [2.75, 3.05) is 30.0 Å². The van der Waals surface area contributed by atoms with E-state index in [0.29, 0.717) is 0 Å². The van der Waals surface area contributed by atoms with Crippen molar-refractivity contribution in [2.24, 2.45) is 0 Å². The van der Waals surface area contributed by atoms with Crippen LogP contribution in [0.4, 0.5) is 17.2 Å². The number of carbonyl (C=O) groups is 2. The summed E-state index contributed by atoms with van der Waals surface area (Å²) in [7, 11) is -3.65. The Kier molecular flexibility index (Phi) is 7.54. The Morgan fingerprint density at radius 2 is 1.97 bits per heavy atom. The molecular weight excluding hydrogens is 463 g/mol. The van der Waals surface area contributed by atoms with Crippen LogP contribution in [-0.2, 0) is 24.2 Å². The van der Waals surface area contributed by atoms with Crippen LogP contribution in [-0.4, -0.2) is 49.6 Å². The monoisotopic (exact) mass is 476 g/mol. The highest BCUT2D eigenvalue weighted by molar-refractivity contribution is 7.90. The van der Waals surface area contributed by atoms with E-state index in [0.717, 1.165) is 24.5 Å². The van der Waals surface area contributed by atoms with Crippen LogP contribution in [0.15, 0.2) is 35.4 Å². The van der Waals surface area contributed by atoms with E-state index >= 15 is 0 Å². The van der Waals surface area contributed by atoms with Crippen molar-refractivity contribution < 1.29 is 27.7 Å². The molecule has 1 heterocycles. The fourth-order valence-electron chi connectivity index (χ4n) is 2.08. The Hall–Kier alpha value is -2.96. The Morgan fingerprint density at radius 1 is 1.27 bits per heavy atom. The van der Waals surface area contributed by atoms with Gasteiger partial charge in [0.25, 0.3) is 11.6 Å². The molecule has 2 rings (SSSR count). The fraction of sp³-hybridized carbons (Fsp3) is 0.188. The minimum atomic E-state index is -3.65. The van der Waals surface area contributed by atoms with E-state index in [9.17, 15) is 28.1 Å². The van der Waals surface area contributed by atoms with Gasteiger partial charge >= 0.3 is 5.97 Å². The maximum Gasteiger partial charge on any atom is 0.325 e. The molecule has 1 aromatic carbocycles. The normalized spacial score (nSPS) is 10.9. The summed E-state index contributed by atoms with van der Waals surface area (Å²) in [6.45, 7) is -1.16.